The van der Waals surface area contributed by atoms with E-state index in [1.165, 1.54) is 24.0 Å². The Morgan fingerprint density at radius 1 is 1.05 bits per heavy atom. The number of halogens is 2. The maximum atomic E-state index is 14.1. The molecule has 2 aromatic rings. The second kappa shape index (κ2) is 5.55. The average molecular weight is 290 g/mol. The van der Waals surface area contributed by atoms with Crippen molar-refractivity contribution >= 4 is 11.6 Å². The summed E-state index contributed by atoms with van der Waals surface area (Å²) in [5.74, 6) is -0.417. The standard InChI is InChI=1S/C17H17ClFN/c18-15-7-3-6-14(16(15)19)17(20)13-9-8-11-4-1-2-5-12(11)10-13/h3,6-10,17H,1-2,4-5,20H2. The fourth-order valence-corrected chi connectivity index (χ4v) is 3.07. The fourth-order valence-electron chi connectivity index (χ4n) is 2.89. The van der Waals surface area contributed by atoms with Gasteiger partial charge in [-0.25, -0.2) is 4.39 Å². The first kappa shape index (κ1) is 13.6. The lowest BCUT2D eigenvalue weighted by molar-refractivity contribution is 0.599. The molecule has 0 fully saturated rings. The van der Waals surface area contributed by atoms with Gasteiger partial charge in [0.15, 0.2) is 0 Å². The Balaban J connectivity index is 1.98. The van der Waals surface area contributed by atoms with Crippen LogP contribution in [0.4, 0.5) is 4.39 Å². The lowest BCUT2D eigenvalue weighted by Crippen LogP contribution is -2.15. The quantitative estimate of drug-likeness (QED) is 0.871. The summed E-state index contributed by atoms with van der Waals surface area (Å²) >= 11 is 5.83. The summed E-state index contributed by atoms with van der Waals surface area (Å²) in [5.41, 5.74) is 10.4. The van der Waals surface area contributed by atoms with Crippen LogP contribution in [0.15, 0.2) is 36.4 Å². The number of rotatable bonds is 2. The molecule has 0 amide bonds. The van der Waals surface area contributed by atoms with E-state index in [4.69, 9.17) is 17.3 Å². The third kappa shape index (κ3) is 2.46. The topological polar surface area (TPSA) is 26.0 Å². The van der Waals surface area contributed by atoms with Crippen LogP contribution in [-0.4, -0.2) is 0 Å². The second-order valence-corrected chi connectivity index (χ2v) is 5.76. The van der Waals surface area contributed by atoms with E-state index in [2.05, 4.69) is 12.1 Å². The van der Waals surface area contributed by atoms with Crippen molar-refractivity contribution in [2.75, 3.05) is 0 Å². The highest BCUT2D eigenvalue weighted by Crippen LogP contribution is 2.29. The molecule has 1 nitrogen and oxygen atoms in total. The highest BCUT2D eigenvalue weighted by Gasteiger charge is 2.17. The first-order chi connectivity index (χ1) is 9.66. The van der Waals surface area contributed by atoms with Gasteiger partial charge < -0.3 is 5.73 Å². The molecule has 0 heterocycles. The highest BCUT2D eigenvalue weighted by atomic mass is 35.5. The van der Waals surface area contributed by atoms with Gasteiger partial charge in [0.2, 0.25) is 0 Å². The van der Waals surface area contributed by atoms with E-state index in [-0.39, 0.29) is 5.02 Å². The zero-order chi connectivity index (χ0) is 14.1. The van der Waals surface area contributed by atoms with Crippen LogP contribution in [-0.2, 0) is 12.8 Å². The SMILES string of the molecule is NC(c1ccc2c(c1)CCCC2)c1cccc(Cl)c1F. The zero-order valence-electron chi connectivity index (χ0n) is 11.2. The van der Waals surface area contributed by atoms with Crippen LogP contribution in [0, 0.1) is 5.82 Å². The minimum atomic E-state index is -0.471. The molecule has 0 aliphatic heterocycles. The lowest BCUT2D eigenvalue weighted by atomic mass is 9.88. The van der Waals surface area contributed by atoms with Gasteiger partial charge in [0.25, 0.3) is 0 Å². The predicted octanol–water partition coefficient (Wildman–Crippen LogP) is 4.41. The lowest BCUT2D eigenvalue weighted by Gasteiger charge is -2.20. The molecule has 20 heavy (non-hydrogen) atoms. The van der Waals surface area contributed by atoms with Gasteiger partial charge in [-0.05, 0) is 48.4 Å². The third-order valence-corrected chi connectivity index (χ3v) is 4.34. The molecule has 0 aromatic heterocycles. The number of nitrogens with two attached hydrogens (primary N) is 1. The average Bonchev–Trinajstić information content (AvgIpc) is 2.49. The first-order valence-corrected chi connectivity index (χ1v) is 7.36. The highest BCUT2D eigenvalue weighted by molar-refractivity contribution is 6.30. The number of aryl methyl sites for hydroxylation is 2. The molecule has 3 rings (SSSR count). The van der Waals surface area contributed by atoms with Crippen LogP contribution in [0.2, 0.25) is 5.02 Å². The molecular formula is C17H17ClFN. The Bertz CT molecular complexity index is 639. The number of benzene rings is 2. The van der Waals surface area contributed by atoms with E-state index in [1.54, 1.807) is 18.2 Å². The molecule has 1 aliphatic rings. The molecule has 0 radical (unpaired) electrons. The van der Waals surface area contributed by atoms with Crippen LogP contribution >= 0.6 is 11.6 Å². The Hall–Kier alpha value is -1.38. The Labute approximate surface area is 123 Å². The summed E-state index contributed by atoms with van der Waals surface area (Å²) in [6, 6.07) is 10.8. The molecule has 0 spiro atoms. The zero-order valence-corrected chi connectivity index (χ0v) is 12.0. The largest absolute Gasteiger partial charge is 0.320 e. The molecule has 2 aromatic carbocycles. The molecule has 1 aliphatic carbocycles. The molecule has 0 saturated carbocycles. The molecular weight excluding hydrogens is 273 g/mol. The monoisotopic (exact) mass is 289 g/mol. The smallest absolute Gasteiger partial charge is 0.146 e. The predicted molar refractivity (Wildman–Crippen MR) is 80.5 cm³/mol. The van der Waals surface area contributed by atoms with Crippen LogP contribution in [0.3, 0.4) is 0 Å². The summed E-state index contributed by atoms with van der Waals surface area (Å²) in [7, 11) is 0. The summed E-state index contributed by atoms with van der Waals surface area (Å²) in [6.45, 7) is 0. The third-order valence-electron chi connectivity index (χ3n) is 4.05. The van der Waals surface area contributed by atoms with Crippen LogP contribution in [0.5, 0.6) is 0 Å². The number of hydrogen-bond donors (Lipinski definition) is 1. The Kier molecular flexibility index (Phi) is 3.77. The van der Waals surface area contributed by atoms with E-state index >= 15 is 0 Å². The van der Waals surface area contributed by atoms with Crippen LogP contribution in [0.1, 0.15) is 41.1 Å². The molecule has 104 valence electrons. The number of fused-ring (bicyclic) bond motifs is 1. The normalized spacial score (nSPS) is 15.8. The van der Waals surface area contributed by atoms with Gasteiger partial charge in [-0.3, -0.25) is 0 Å². The van der Waals surface area contributed by atoms with Gasteiger partial charge in [0.05, 0.1) is 11.1 Å². The molecule has 1 unspecified atom stereocenters. The van der Waals surface area contributed by atoms with Crippen LogP contribution < -0.4 is 5.73 Å². The Morgan fingerprint density at radius 3 is 2.60 bits per heavy atom. The fraction of sp³-hybridized carbons (Fsp3) is 0.294. The van der Waals surface area contributed by atoms with Crippen molar-refractivity contribution in [1.29, 1.82) is 0 Å². The van der Waals surface area contributed by atoms with E-state index in [0.717, 1.165) is 18.4 Å². The van der Waals surface area contributed by atoms with Gasteiger partial charge in [0, 0.05) is 5.56 Å². The van der Waals surface area contributed by atoms with Gasteiger partial charge >= 0.3 is 0 Å². The minimum Gasteiger partial charge on any atom is -0.320 e. The molecule has 1 atom stereocenters. The number of hydrogen-bond acceptors (Lipinski definition) is 1. The maximum absolute atomic E-state index is 14.1. The minimum absolute atomic E-state index is 0.121. The van der Waals surface area contributed by atoms with Crippen molar-refractivity contribution in [3.63, 3.8) is 0 Å². The Morgan fingerprint density at radius 2 is 1.80 bits per heavy atom. The summed E-state index contributed by atoms with van der Waals surface area (Å²) in [5, 5.41) is 0.121. The second-order valence-electron chi connectivity index (χ2n) is 5.36. The van der Waals surface area contributed by atoms with Crippen molar-refractivity contribution in [2.24, 2.45) is 5.73 Å². The molecule has 2 N–H and O–H groups in total. The van der Waals surface area contributed by atoms with Crippen molar-refractivity contribution in [2.45, 2.75) is 31.7 Å². The summed E-state index contributed by atoms with van der Waals surface area (Å²) < 4.78 is 14.1. The van der Waals surface area contributed by atoms with Gasteiger partial charge in [-0.2, -0.15) is 0 Å². The van der Waals surface area contributed by atoms with Gasteiger partial charge in [-0.15, -0.1) is 0 Å². The molecule has 0 saturated heterocycles. The summed E-state index contributed by atoms with van der Waals surface area (Å²) in [6.07, 6.45) is 4.70. The van der Waals surface area contributed by atoms with Gasteiger partial charge in [0.1, 0.15) is 5.82 Å². The molecule has 3 heteroatoms. The van der Waals surface area contributed by atoms with E-state index in [9.17, 15) is 4.39 Å². The van der Waals surface area contributed by atoms with E-state index < -0.39 is 11.9 Å². The van der Waals surface area contributed by atoms with Crippen LogP contribution in [0.25, 0.3) is 0 Å². The summed E-state index contributed by atoms with van der Waals surface area (Å²) in [4.78, 5) is 0. The van der Waals surface area contributed by atoms with Crippen molar-refractivity contribution in [3.8, 4) is 0 Å². The first-order valence-electron chi connectivity index (χ1n) is 6.98. The van der Waals surface area contributed by atoms with Crippen molar-refractivity contribution in [1.82, 2.24) is 0 Å². The van der Waals surface area contributed by atoms with Crippen molar-refractivity contribution < 1.29 is 4.39 Å². The maximum Gasteiger partial charge on any atom is 0.146 e. The van der Waals surface area contributed by atoms with Gasteiger partial charge in [-0.1, -0.05) is 41.9 Å². The van der Waals surface area contributed by atoms with E-state index in [0.29, 0.717) is 5.56 Å². The van der Waals surface area contributed by atoms with E-state index in [1.807, 2.05) is 6.07 Å². The van der Waals surface area contributed by atoms with Crippen molar-refractivity contribution in [3.05, 3.63) is 69.5 Å². The molecule has 0 bridgehead atoms.